The molecule has 3 saturated carbocycles. The first kappa shape index (κ1) is 31.3. The lowest BCUT2D eigenvalue weighted by Gasteiger charge is -2.35. The number of methoxy groups -OCH3 is 1. The van der Waals surface area contributed by atoms with Crippen LogP contribution in [0.5, 0.6) is 5.75 Å². The summed E-state index contributed by atoms with van der Waals surface area (Å²) < 4.78 is 30.5. The summed E-state index contributed by atoms with van der Waals surface area (Å²) in [6.45, 7) is 2.84. The number of rotatable bonds is 9. The van der Waals surface area contributed by atoms with E-state index in [0.717, 1.165) is 61.3 Å². The standard InChI is InChI=1S/C25H32N2O6.C6H6O5/c1-15-22(27-24(33-15)17-6-4-8-19(12-17)31-2)14-32-13-16-5-3-7-18(11-16)26-23(28)20-9-10-21(20)25(29)30;7-5-9-3-1-2-4(3)10-6(8)11-5/h4,6,8,12,16,18,20-21H,3,5,7,9-11,13-14H2,1-2H3,(H,26,28)(H,29,30);3-4H,1-2H2. The molecule has 0 bridgehead atoms. The van der Waals surface area contributed by atoms with Crippen molar-refractivity contribution >= 4 is 24.2 Å². The first-order valence-corrected chi connectivity index (χ1v) is 15.0. The molecule has 4 fully saturated rings. The minimum atomic E-state index is -0.956. The summed E-state index contributed by atoms with van der Waals surface area (Å²) in [6.07, 6.45) is 4.12. The number of carbonyl (C=O) groups is 4. The highest BCUT2D eigenvalue weighted by molar-refractivity contribution is 5.86. The number of fused-ring (bicyclic) bond motifs is 1. The highest BCUT2D eigenvalue weighted by Crippen LogP contribution is 2.35. The number of carboxylic acids is 1. The number of ether oxygens (including phenoxy) is 5. The molecule has 3 aliphatic carbocycles. The van der Waals surface area contributed by atoms with Gasteiger partial charge in [-0.15, -0.1) is 0 Å². The fourth-order valence-corrected chi connectivity index (χ4v) is 5.83. The second-order valence-corrected chi connectivity index (χ2v) is 11.6. The number of aromatic nitrogens is 1. The van der Waals surface area contributed by atoms with Gasteiger partial charge in [0.15, 0.2) is 0 Å². The molecule has 0 spiro atoms. The molecule has 1 aliphatic heterocycles. The zero-order valence-electron chi connectivity index (χ0n) is 24.8. The number of amides is 1. The van der Waals surface area contributed by atoms with Crippen molar-refractivity contribution in [3.8, 4) is 17.2 Å². The number of benzene rings is 1. The van der Waals surface area contributed by atoms with Crippen LogP contribution < -0.4 is 10.1 Å². The summed E-state index contributed by atoms with van der Waals surface area (Å²) in [5, 5.41) is 12.3. The van der Waals surface area contributed by atoms with Gasteiger partial charge in [-0.25, -0.2) is 14.6 Å². The van der Waals surface area contributed by atoms with Crippen LogP contribution in [0.2, 0.25) is 0 Å². The molecule has 2 heterocycles. The van der Waals surface area contributed by atoms with Crippen molar-refractivity contribution in [3.63, 3.8) is 0 Å². The fourth-order valence-electron chi connectivity index (χ4n) is 5.83. The van der Waals surface area contributed by atoms with Gasteiger partial charge in [0.1, 0.15) is 29.4 Å². The first-order chi connectivity index (χ1) is 21.2. The lowest BCUT2D eigenvalue weighted by Crippen LogP contribution is -2.48. The quantitative estimate of drug-likeness (QED) is 0.293. The van der Waals surface area contributed by atoms with Gasteiger partial charge in [-0.2, -0.15) is 0 Å². The molecule has 6 atom stereocenters. The second kappa shape index (κ2) is 14.1. The molecular formula is C31H38N2O11. The number of hydrogen-bond acceptors (Lipinski definition) is 11. The van der Waals surface area contributed by atoms with Crippen molar-refractivity contribution in [2.24, 2.45) is 17.8 Å². The van der Waals surface area contributed by atoms with E-state index >= 15 is 0 Å². The molecule has 4 aliphatic rings. The van der Waals surface area contributed by atoms with Crippen molar-refractivity contribution < 1.29 is 52.4 Å². The Morgan fingerprint density at radius 3 is 2.39 bits per heavy atom. The van der Waals surface area contributed by atoms with E-state index in [1.807, 2.05) is 31.2 Å². The summed E-state index contributed by atoms with van der Waals surface area (Å²) in [5.41, 5.74) is 1.63. The van der Waals surface area contributed by atoms with Gasteiger partial charge < -0.3 is 38.5 Å². The van der Waals surface area contributed by atoms with Crippen LogP contribution in [0.15, 0.2) is 28.7 Å². The number of oxazole rings is 1. The van der Waals surface area contributed by atoms with Crippen molar-refractivity contribution in [1.29, 1.82) is 0 Å². The number of aryl methyl sites for hydroxylation is 1. The summed E-state index contributed by atoms with van der Waals surface area (Å²) in [4.78, 5) is 49.3. The maximum absolute atomic E-state index is 12.5. The third-order valence-electron chi connectivity index (χ3n) is 8.67. The van der Waals surface area contributed by atoms with Gasteiger partial charge in [-0.1, -0.05) is 12.5 Å². The SMILES string of the molecule is COc1cccc(-c2nc(COCC3CCCC(NC(=O)C4CCC4C(=O)O)C3)c(C)o2)c1.O=C1OC(=O)OC2CCC2O1. The van der Waals surface area contributed by atoms with Crippen LogP contribution in [0.3, 0.4) is 0 Å². The number of carbonyl (C=O) groups excluding carboxylic acids is 3. The van der Waals surface area contributed by atoms with Gasteiger partial charge in [0.25, 0.3) is 0 Å². The number of nitrogens with one attached hydrogen (secondary N) is 1. The highest BCUT2D eigenvalue weighted by Gasteiger charge is 2.43. The third kappa shape index (κ3) is 7.68. The summed E-state index contributed by atoms with van der Waals surface area (Å²) in [5.74, 6) is 0.490. The van der Waals surface area contributed by atoms with Crippen molar-refractivity contribution in [2.75, 3.05) is 13.7 Å². The smallest absolute Gasteiger partial charge is 0.497 e. The normalized spacial score (nSPS) is 27.3. The van der Waals surface area contributed by atoms with E-state index in [-0.39, 0.29) is 30.1 Å². The lowest BCUT2D eigenvalue weighted by atomic mass is 9.73. The number of carboxylic acid groups (broad SMARTS) is 1. The van der Waals surface area contributed by atoms with Crippen LogP contribution >= 0.6 is 0 Å². The minimum absolute atomic E-state index is 0.0864. The minimum Gasteiger partial charge on any atom is -0.497 e. The van der Waals surface area contributed by atoms with E-state index in [9.17, 15) is 24.3 Å². The van der Waals surface area contributed by atoms with Crippen LogP contribution in [0.25, 0.3) is 11.5 Å². The maximum Gasteiger partial charge on any atom is 0.518 e. The monoisotopic (exact) mass is 614 g/mol. The van der Waals surface area contributed by atoms with E-state index in [1.54, 1.807) is 7.11 Å². The van der Waals surface area contributed by atoms with Gasteiger partial charge in [0.2, 0.25) is 11.8 Å². The lowest BCUT2D eigenvalue weighted by molar-refractivity contribution is -0.153. The van der Waals surface area contributed by atoms with E-state index in [1.165, 1.54) is 0 Å². The predicted molar refractivity (Wildman–Crippen MR) is 151 cm³/mol. The summed E-state index contributed by atoms with van der Waals surface area (Å²) in [7, 11) is 1.63. The fraction of sp³-hybridized carbons (Fsp3) is 0.581. The molecule has 2 aromatic rings. The van der Waals surface area contributed by atoms with Gasteiger partial charge >= 0.3 is 18.3 Å². The van der Waals surface area contributed by atoms with Crippen molar-refractivity contribution in [2.45, 2.75) is 83.1 Å². The van der Waals surface area contributed by atoms with E-state index < -0.39 is 24.2 Å². The predicted octanol–water partition coefficient (Wildman–Crippen LogP) is 4.78. The summed E-state index contributed by atoms with van der Waals surface area (Å²) in [6, 6.07) is 7.67. The van der Waals surface area contributed by atoms with E-state index in [0.29, 0.717) is 37.9 Å². The topological polar surface area (TPSA) is 173 Å². The van der Waals surface area contributed by atoms with E-state index in [4.69, 9.17) is 13.9 Å². The summed E-state index contributed by atoms with van der Waals surface area (Å²) >= 11 is 0. The molecule has 1 aromatic heterocycles. The largest absolute Gasteiger partial charge is 0.518 e. The van der Waals surface area contributed by atoms with E-state index in [2.05, 4.69) is 24.5 Å². The van der Waals surface area contributed by atoms with Crippen molar-refractivity contribution in [3.05, 3.63) is 35.7 Å². The van der Waals surface area contributed by atoms with Crippen molar-refractivity contribution in [1.82, 2.24) is 10.3 Å². The van der Waals surface area contributed by atoms with Gasteiger partial charge in [0, 0.05) is 18.2 Å². The zero-order valence-corrected chi connectivity index (χ0v) is 24.8. The Bertz CT molecular complexity index is 1340. The van der Waals surface area contributed by atoms with Crippen LogP contribution in [0.4, 0.5) is 9.59 Å². The molecule has 1 saturated heterocycles. The van der Waals surface area contributed by atoms with Gasteiger partial charge in [-0.3, -0.25) is 9.59 Å². The number of nitrogens with zero attached hydrogens (tertiary/aromatic N) is 1. The van der Waals surface area contributed by atoms with Gasteiger partial charge in [-0.05, 0) is 76.0 Å². The van der Waals surface area contributed by atoms with Gasteiger partial charge in [0.05, 0.1) is 25.6 Å². The Labute approximate surface area is 254 Å². The molecule has 6 rings (SSSR count). The maximum atomic E-state index is 12.5. The molecule has 13 nitrogen and oxygen atoms in total. The average molecular weight is 615 g/mol. The average Bonchev–Trinajstić information content (AvgIpc) is 3.29. The Balaban J connectivity index is 0.000000291. The third-order valence-corrected chi connectivity index (χ3v) is 8.67. The molecule has 2 N–H and O–H groups in total. The molecule has 44 heavy (non-hydrogen) atoms. The Kier molecular flexibility index (Phi) is 10.0. The Morgan fingerprint density at radius 1 is 1.02 bits per heavy atom. The van der Waals surface area contributed by atoms with Crippen LogP contribution in [0, 0.1) is 24.7 Å². The second-order valence-electron chi connectivity index (χ2n) is 11.6. The molecule has 238 valence electrons. The molecule has 0 radical (unpaired) electrons. The molecule has 13 heteroatoms. The molecule has 1 amide bonds. The van der Waals surface area contributed by atoms with Crippen LogP contribution in [0.1, 0.15) is 62.8 Å². The molecular weight excluding hydrogens is 576 g/mol. The number of cyclic esters (lactones) is 2. The Hall–Kier alpha value is -4.13. The van der Waals surface area contributed by atoms with Crippen LogP contribution in [-0.2, 0) is 35.1 Å². The Morgan fingerprint density at radius 2 is 1.75 bits per heavy atom. The highest BCUT2D eigenvalue weighted by atomic mass is 16.8. The molecule has 1 aromatic carbocycles. The molecule has 6 unspecified atom stereocenters. The first-order valence-electron chi connectivity index (χ1n) is 15.0. The van der Waals surface area contributed by atoms with Crippen LogP contribution in [-0.4, -0.2) is 66.2 Å². The number of aliphatic carboxylic acids is 1. The number of hydrogen-bond donors (Lipinski definition) is 2. The zero-order chi connectivity index (χ0) is 31.2.